The monoisotopic (exact) mass is 462 g/mol. The average Bonchev–Trinajstić information content (AvgIpc) is 3.17. The largest absolute Gasteiger partial charge is 0.459 e. The molecule has 1 N–H and O–H groups in total. The molecule has 3 aromatic rings. The number of aliphatic hydroxyl groups excluding tert-OH is 1. The Morgan fingerprint density at radius 2 is 1.06 bits per heavy atom. The highest BCUT2D eigenvalue weighted by Crippen LogP contribution is 2.28. The van der Waals surface area contributed by atoms with Crippen LogP contribution < -0.4 is 0 Å². The lowest BCUT2D eigenvalue weighted by Crippen LogP contribution is -2.42. The number of ether oxygens (including phenoxy) is 4. The first-order valence-electron chi connectivity index (χ1n) is 10.6. The van der Waals surface area contributed by atoms with Crippen LogP contribution in [0, 0.1) is 0 Å². The van der Waals surface area contributed by atoms with Gasteiger partial charge in [0.15, 0.2) is 18.5 Å². The third-order valence-electron chi connectivity index (χ3n) is 5.18. The molecule has 0 aliphatic carbocycles. The summed E-state index contributed by atoms with van der Waals surface area (Å²) in [6.07, 6.45) is -5.22. The van der Waals surface area contributed by atoms with Gasteiger partial charge in [0, 0.05) is 0 Å². The van der Waals surface area contributed by atoms with Gasteiger partial charge in [-0.05, 0) is 36.4 Å². The number of carbonyl (C=O) groups is 3. The second-order valence-corrected chi connectivity index (χ2v) is 7.50. The Morgan fingerprint density at radius 3 is 1.53 bits per heavy atom. The minimum atomic E-state index is -1.60. The predicted octanol–water partition coefficient (Wildman–Crippen LogP) is 3.01. The van der Waals surface area contributed by atoms with Gasteiger partial charge in [-0.1, -0.05) is 54.6 Å². The summed E-state index contributed by atoms with van der Waals surface area (Å²) < 4.78 is 21.8. The van der Waals surface area contributed by atoms with Gasteiger partial charge in [0.25, 0.3) is 0 Å². The van der Waals surface area contributed by atoms with E-state index < -0.39 is 42.5 Å². The fourth-order valence-corrected chi connectivity index (χ4v) is 3.46. The lowest BCUT2D eigenvalue weighted by atomic mass is 10.1. The molecule has 3 aromatic carbocycles. The number of rotatable bonds is 7. The van der Waals surface area contributed by atoms with E-state index in [1.54, 1.807) is 91.0 Å². The quantitative estimate of drug-likeness (QED) is 0.422. The molecule has 0 aromatic heterocycles. The normalized spacial score (nSPS) is 21.4. The van der Waals surface area contributed by atoms with Gasteiger partial charge >= 0.3 is 17.9 Å². The number of benzene rings is 3. The zero-order chi connectivity index (χ0) is 23.9. The Morgan fingerprint density at radius 1 is 0.647 bits per heavy atom. The van der Waals surface area contributed by atoms with E-state index >= 15 is 0 Å². The topological polar surface area (TPSA) is 108 Å². The fourth-order valence-electron chi connectivity index (χ4n) is 3.46. The van der Waals surface area contributed by atoms with Crippen LogP contribution in [0.4, 0.5) is 0 Å². The van der Waals surface area contributed by atoms with Crippen molar-refractivity contribution in [3.8, 4) is 0 Å². The minimum Gasteiger partial charge on any atom is -0.459 e. The molecular formula is C26H22O8. The van der Waals surface area contributed by atoms with Crippen molar-refractivity contribution in [2.45, 2.75) is 24.6 Å². The van der Waals surface area contributed by atoms with Crippen LogP contribution in [0.3, 0.4) is 0 Å². The van der Waals surface area contributed by atoms with Gasteiger partial charge in [-0.15, -0.1) is 0 Å². The van der Waals surface area contributed by atoms with Crippen LogP contribution in [0.15, 0.2) is 91.0 Å². The molecule has 8 nitrogen and oxygen atoms in total. The van der Waals surface area contributed by atoms with Crippen LogP contribution in [-0.2, 0) is 18.9 Å². The van der Waals surface area contributed by atoms with Crippen molar-refractivity contribution in [2.75, 3.05) is 6.61 Å². The summed E-state index contributed by atoms with van der Waals surface area (Å²) in [5, 5.41) is 10.5. The first kappa shape index (κ1) is 23.2. The predicted molar refractivity (Wildman–Crippen MR) is 119 cm³/mol. The van der Waals surface area contributed by atoms with Gasteiger partial charge < -0.3 is 24.1 Å². The summed E-state index contributed by atoms with van der Waals surface area (Å²) in [6, 6.07) is 24.7. The molecule has 0 unspecified atom stereocenters. The Kier molecular flexibility index (Phi) is 7.31. The summed E-state index contributed by atoms with van der Waals surface area (Å²) in [5.74, 6) is -2.05. The van der Waals surface area contributed by atoms with E-state index in [9.17, 15) is 19.5 Å². The maximum atomic E-state index is 12.7. The molecule has 8 heteroatoms. The van der Waals surface area contributed by atoms with Crippen molar-refractivity contribution in [1.82, 2.24) is 0 Å². The van der Waals surface area contributed by atoms with E-state index in [1.165, 1.54) is 0 Å². The van der Waals surface area contributed by atoms with E-state index in [1.807, 2.05) is 0 Å². The van der Waals surface area contributed by atoms with E-state index in [2.05, 4.69) is 0 Å². The first-order valence-corrected chi connectivity index (χ1v) is 10.6. The summed E-state index contributed by atoms with van der Waals surface area (Å²) >= 11 is 0. The molecule has 0 radical (unpaired) electrons. The Bertz CT molecular complexity index is 1120. The fraction of sp³-hybridized carbons (Fsp3) is 0.192. The van der Waals surface area contributed by atoms with Crippen molar-refractivity contribution in [1.29, 1.82) is 0 Å². The Labute approximate surface area is 195 Å². The van der Waals surface area contributed by atoms with Crippen molar-refractivity contribution < 1.29 is 38.4 Å². The zero-order valence-electron chi connectivity index (χ0n) is 18.0. The maximum absolute atomic E-state index is 12.7. The molecule has 1 heterocycles. The highest BCUT2D eigenvalue weighted by molar-refractivity contribution is 5.90. The number of carbonyl (C=O) groups excluding carboxylic acids is 3. The molecule has 0 bridgehead atoms. The second kappa shape index (κ2) is 10.7. The van der Waals surface area contributed by atoms with Gasteiger partial charge in [-0.2, -0.15) is 0 Å². The summed E-state index contributed by atoms with van der Waals surface area (Å²) in [6.45, 7) is -0.336. The Balaban J connectivity index is 1.51. The molecule has 4 rings (SSSR count). The van der Waals surface area contributed by atoms with Crippen LogP contribution in [-0.4, -0.2) is 54.2 Å². The van der Waals surface area contributed by atoms with E-state index in [0.29, 0.717) is 5.56 Å². The standard InChI is InChI=1S/C26H22O8/c27-23(17-10-4-1-5-11-17)31-16-20-21(33-24(28)18-12-6-2-7-13-18)22(26(30)32-20)34-25(29)19-14-8-3-9-15-19/h1-15,20-22,26,30H,16H2/t20-,21-,22+,26-/m1/s1. The maximum Gasteiger partial charge on any atom is 0.338 e. The van der Waals surface area contributed by atoms with Crippen LogP contribution in [0.5, 0.6) is 0 Å². The van der Waals surface area contributed by atoms with Gasteiger partial charge in [-0.3, -0.25) is 0 Å². The minimum absolute atomic E-state index is 0.252. The number of esters is 3. The molecule has 0 spiro atoms. The van der Waals surface area contributed by atoms with E-state index in [-0.39, 0.29) is 17.7 Å². The zero-order valence-corrected chi connectivity index (χ0v) is 18.0. The van der Waals surface area contributed by atoms with Crippen LogP contribution in [0.2, 0.25) is 0 Å². The van der Waals surface area contributed by atoms with Crippen LogP contribution >= 0.6 is 0 Å². The SMILES string of the molecule is O=C(OC[C@H]1O[C@@H](O)[C@@H](OC(=O)c2ccccc2)[C@@H]1OC(=O)c1ccccc1)c1ccccc1. The molecule has 0 saturated carbocycles. The lowest BCUT2D eigenvalue weighted by Gasteiger charge is -2.23. The first-order chi connectivity index (χ1) is 16.5. The molecule has 1 saturated heterocycles. The van der Waals surface area contributed by atoms with Gasteiger partial charge in [0.2, 0.25) is 0 Å². The smallest absolute Gasteiger partial charge is 0.338 e. The average molecular weight is 462 g/mol. The third-order valence-corrected chi connectivity index (χ3v) is 5.18. The van der Waals surface area contributed by atoms with Gasteiger partial charge in [-0.25, -0.2) is 14.4 Å². The molecule has 34 heavy (non-hydrogen) atoms. The third kappa shape index (κ3) is 5.48. The molecule has 1 fully saturated rings. The van der Waals surface area contributed by atoms with Crippen LogP contribution in [0.25, 0.3) is 0 Å². The molecule has 1 aliphatic rings. The number of hydrogen-bond donors (Lipinski definition) is 1. The summed E-state index contributed by atoms with van der Waals surface area (Å²) in [7, 11) is 0. The molecular weight excluding hydrogens is 440 g/mol. The highest BCUT2D eigenvalue weighted by Gasteiger charge is 2.50. The molecule has 174 valence electrons. The molecule has 1 aliphatic heterocycles. The number of hydrogen-bond acceptors (Lipinski definition) is 8. The van der Waals surface area contributed by atoms with Crippen molar-refractivity contribution in [3.63, 3.8) is 0 Å². The summed E-state index contributed by atoms with van der Waals surface area (Å²) in [5.41, 5.74) is 0.838. The van der Waals surface area contributed by atoms with Gasteiger partial charge in [0.05, 0.1) is 16.7 Å². The highest BCUT2D eigenvalue weighted by atomic mass is 16.7. The Hall–Kier alpha value is -4.01. The lowest BCUT2D eigenvalue weighted by molar-refractivity contribution is -0.135. The summed E-state index contributed by atoms with van der Waals surface area (Å²) in [4.78, 5) is 37.6. The second-order valence-electron chi connectivity index (χ2n) is 7.50. The van der Waals surface area contributed by atoms with E-state index in [0.717, 1.165) is 0 Å². The molecule has 0 amide bonds. The van der Waals surface area contributed by atoms with Crippen LogP contribution in [0.1, 0.15) is 31.1 Å². The van der Waals surface area contributed by atoms with Crippen molar-refractivity contribution in [2.24, 2.45) is 0 Å². The van der Waals surface area contributed by atoms with Crippen molar-refractivity contribution >= 4 is 17.9 Å². The van der Waals surface area contributed by atoms with Gasteiger partial charge in [0.1, 0.15) is 12.7 Å². The molecule has 4 atom stereocenters. The van der Waals surface area contributed by atoms with Crippen molar-refractivity contribution in [3.05, 3.63) is 108 Å². The number of aliphatic hydroxyl groups is 1. The van der Waals surface area contributed by atoms with E-state index in [4.69, 9.17) is 18.9 Å².